The van der Waals surface area contributed by atoms with Gasteiger partial charge in [0.15, 0.2) is 5.15 Å². The minimum absolute atomic E-state index is 0.138. The zero-order valence-corrected chi connectivity index (χ0v) is 13.0. The van der Waals surface area contributed by atoms with E-state index in [0.717, 1.165) is 5.56 Å². The van der Waals surface area contributed by atoms with Gasteiger partial charge in [-0.2, -0.15) is 0 Å². The normalized spacial score (nSPS) is 10.5. The summed E-state index contributed by atoms with van der Waals surface area (Å²) in [5, 5.41) is 0.712. The Bertz CT molecular complexity index is 673. The Hall–Kier alpha value is -1.04. The van der Waals surface area contributed by atoms with E-state index in [0.29, 0.717) is 17.3 Å². The van der Waals surface area contributed by atoms with Gasteiger partial charge in [-0.3, -0.25) is 9.36 Å². The molecule has 0 atom stereocenters. The molecule has 2 aromatic rings. The largest absolute Gasteiger partial charge is 0.496 e. The maximum Gasteiger partial charge on any atom is 0.269 e. The van der Waals surface area contributed by atoms with Crippen molar-refractivity contribution in [3.05, 3.63) is 55.1 Å². The van der Waals surface area contributed by atoms with Crippen LogP contribution >= 0.6 is 39.1 Å². The molecule has 1 aromatic carbocycles. The van der Waals surface area contributed by atoms with E-state index in [1.165, 1.54) is 10.9 Å². The number of aromatic nitrogens is 2. The summed E-state index contributed by atoms with van der Waals surface area (Å²) in [4.78, 5) is 15.9. The van der Waals surface area contributed by atoms with Crippen molar-refractivity contribution in [1.29, 1.82) is 0 Å². The smallest absolute Gasteiger partial charge is 0.269 e. The molecule has 0 aliphatic rings. The number of halogens is 3. The molecule has 100 valence electrons. The summed E-state index contributed by atoms with van der Waals surface area (Å²) in [6.07, 6.45) is 1.38. The van der Waals surface area contributed by atoms with E-state index in [4.69, 9.17) is 27.9 Å². The summed E-state index contributed by atoms with van der Waals surface area (Å²) in [6, 6.07) is 5.22. The highest BCUT2D eigenvalue weighted by molar-refractivity contribution is 9.10. The number of rotatable bonds is 3. The van der Waals surface area contributed by atoms with Gasteiger partial charge in [-0.25, -0.2) is 4.98 Å². The van der Waals surface area contributed by atoms with Crippen molar-refractivity contribution in [2.75, 3.05) is 7.11 Å². The molecule has 1 heterocycles. The van der Waals surface area contributed by atoms with E-state index < -0.39 is 0 Å². The average Bonchev–Trinajstić information content (AvgIpc) is 2.40. The van der Waals surface area contributed by atoms with Crippen LogP contribution < -0.4 is 10.3 Å². The molecule has 4 nitrogen and oxygen atoms in total. The lowest BCUT2D eigenvalue weighted by Gasteiger charge is -2.11. The van der Waals surface area contributed by atoms with E-state index in [2.05, 4.69) is 20.9 Å². The Morgan fingerprint density at radius 2 is 2.16 bits per heavy atom. The van der Waals surface area contributed by atoms with E-state index in [1.807, 2.05) is 0 Å². The highest BCUT2D eigenvalue weighted by Crippen LogP contribution is 2.23. The predicted molar refractivity (Wildman–Crippen MR) is 78.3 cm³/mol. The van der Waals surface area contributed by atoms with Crippen molar-refractivity contribution in [2.45, 2.75) is 6.54 Å². The molecule has 0 radical (unpaired) electrons. The second kappa shape index (κ2) is 5.94. The van der Waals surface area contributed by atoms with Crippen molar-refractivity contribution in [3.63, 3.8) is 0 Å². The summed E-state index contributed by atoms with van der Waals surface area (Å²) < 4.78 is 6.89. The topological polar surface area (TPSA) is 44.1 Å². The molecule has 0 spiro atoms. The molecule has 7 heteroatoms. The molecule has 19 heavy (non-hydrogen) atoms. The lowest BCUT2D eigenvalue weighted by Crippen LogP contribution is -2.22. The van der Waals surface area contributed by atoms with Crippen LogP contribution in [0.4, 0.5) is 0 Å². The van der Waals surface area contributed by atoms with Crippen LogP contribution in [0.5, 0.6) is 5.75 Å². The minimum Gasteiger partial charge on any atom is -0.496 e. The van der Waals surface area contributed by atoms with Gasteiger partial charge < -0.3 is 4.74 Å². The van der Waals surface area contributed by atoms with E-state index in [1.54, 1.807) is 25.3 Å². The molecule has 0 aliphatic carbocycles. The standard InChI is InChI=1S/C12H9BrCl2N2O2/c1-19-9-3-2-8(14)4-7(9)5-17-6-16-11(15)10(13)12(17)18/h2-4,6H,5H2,1H3. The first kappa shape index (κ1) is 14.4. The molecular weight excluding hydrogens is 355 g/mol. The minimum atomic E-state index is -0.262. The van der Waals surface area contributed by atoms with Crippen LogP contribution in [-0.4, -0.2) is 16.7 Å². The third-order valence-corrected chi connectivity index (χ3v) is 3.99. The Kier molecular flexibility index (Phi) is 4.50. The third-order valence-electron chi connectivity index (χ3n) is 2.52. The Balaban J connectivity index is 2.44. The molecule has 0 aliphatic heterocycles. The van der Waals surface area contributed by atoms with E-state index in [9.17, 15) is 4.79 Å². The highest BCUT2D eigenvalue weighted by atomic mass is 79.9. The van der Waals surface area contributed by atoms with E-state index >= 15 is 0 Å². The van der Waals surface area contributed by atoms with Crippen LogP contribution in [0.15, 0.2) is 33.8 Å². The maximum absolute atomic E-state index is 12.0. The molecule has 0 saturated carbocycles. The van der Waals surface area contributed by atoms with Crippen molar-refractivity contribution >= 4 is 39.1 Å². The van der Waals surface area contributed by atoms with Crippen LogP contribution in [0.25, 0.3) is 0 Å². The number of hydrogen-bond acceptors (Lipinski definition) is 3. The highest BCUT2D eigenvalue weighted by Gasteiger charge is 2.10. The fourth-order valence-electron chi connectivity index (χ4n) is 1.61. The van der Waals surface area contributed by atoms with Crippen LogP contribution in [0.1, 0.15) is 5.56 Å². The van der Waals surface area contributed by atoms with Gasteiger partial charge in [-0.05, 0) is 34.1 Å². The Labute approximate surface area is 128 Å². The van der Waals surface area contributed by atoms with Gasteiger partial charge in [-0.1, -0.05) is 23.2 Å². The SMILES string of the molecule is COc1ccc(Cl)cc1Cn1cnc(Cl)c(Br)c1=O. The quantitative estimate of drug-likeness (QED) is 0.785. The van der Waals surface area contributed by atoms with Gasteiger partial charge in [0, 0.05) is 10.6 Å². The molecule has 0 fully saturated rings. The maximum atomic E-state index is 12.0. The zero-order valence-electron chi connectivity index (χ0n) is 9.86. The van der Waals surface area contributed by atoms with Crippen molar-refractivity contribution in [1.82, 2.24) is 9.55 Å². The van der Waals surface area contributed by atoms with Gasteiger partial charge in [0.05, 0.1) is 20.0 Å². The molecule has 0 saturated heterocycles. The zero-order chi connectivity index (χ0) is 14.0. The van der Waals surface area contributed by atoms with Crippen molar-refractivity contribution in [3.8, 4) is 5.75 Å². The van der Waals surface area contributed by atoms with Gasteiger partial charge in [-0.15, -0.1) is 0 Å². The molecule has 0 bridgehead atoms. The molecule has 2 rings (SSSR count). The summed E-state index contributed by atoms with van der Waals surface area (Å²) in [6.45, 7) is 0.297. The first-order valence-corrected chi connectivity index (χ1v) is 6.80. The molecule has 0 amide bonds. The number of methoxy groups -OCH3 is 1. The van der Waals surface area contributed by atoms with Gasteiger partial charge in [0.25, 0.3) is 5.56 Å². The average molecular weight is 364 g/mol. The van der Waals surface area contributed by atoms with Gasteiger partial charge >= 0.3 is 0 Å². The fraction of sp³-hybridized carbons (Fsp3) is 0.167. The number of hydrogen-bond donors (Lipinski definition) is 0. The third kappa shape index (κ3) is 3.11. The number of nitrogens with zero attached hydrogens (tertiary/aromatic N) is 2. The van der Waals surface area contributed by atoms with Gasteiger partial charge in [0.1, 0.15) is 10.2 Å². The lowest BCUT2D eigenvalue weighted by atomic mass is 10.2. The Morgan fingerprint density at radius 1 is 1.42 bits per heavy atom. The molecule has 1 aromatic heterocycles. The summed E-state index contributed by atoms with van der Waals surface area (Å²) in [5.41, 5.74) is 0.523. The first-order chi connectivity index (χ1) is 9.02. The number of ether oxygens (including phenoxy) is 1. The van der Waals surface area contributed by atoms with Gasteiger partial charge in [0.2, 0.25) is 0 Å². The fourth-order valence-corrected chi connectivity index (χ4v) is 2.26. The van der Waals surface area contributed by atoms with Crippen LogP contribution in [0, 0.1) is 0 Å². The Morgan fingerprint density at radius 3 is 2.84 bits per heavy atom. The van der Waals surface area contributed by atoms with Crippen LogP contribution in [-0.2, 0) is 6.54 Å². The predicted octanol–water partition coefficient (Wildman–Crippen LogP) is 3.37. The van der Waals surface area contributed by atoms with E-state index in [-0.39, 0.29) is 15.2 Å². The lowest BCUT2D eigenvalue weighted by molar-refractivity contribution is 0.408. The molecule has 0 N–H and O–H groups in total. The first-order valence-electron chi connectivity index (χ1n) is 5.25. The summed E-state index contributed by atoms with van der Waals surface area (Å²) in [7, 11) is 1.56. The van der Waals surface area contributed by atoms with Crippen molar-refractivity contribution in [2.24, 2.45) is 0 Å². The van der Waals surface area contributed by atoms with Crippen molar-refractivity contribution < 1.29 is 4.74 Å². The molecular formula is C12H9BrCl2N2O2. The second-order valence-corrected chi connectivity index (χ2v) is 5.33. The summed E-state index contributed by atoms with van der Waals surface area (Å²) >= 11 is 14.8. The van der Waals surface area contributed by atoms with Crippen LogP contribution in [0.3, 0.4) is 0 Å². The number of benzene rings is 1. The monoisotopic (exact) mass is 362 g/mol. The second-order valence-electron chi connectivity index (χ2n) is 3.74. The van der Waals surface area contributed by atoms with Crippen LogP contribution in [0.2, 0.25) is 10.2 Å². The summed E-state index contributed by atoms with van der Waals surface area (Å²) in [5.74, 6) is 0.655. The molecule has 0 unspecified atom stereocenters.